The lowest BCUT2D eigenvalue weighted by Crippen LogP contribution is -2.43. The average Bonchev–Trinajstić information content (AvgIpc) is 2.45. The number of carbonyl (C=O) groups is 1. The summed E-state index contributed by atoms with van der Waals surface area (Å²) in [5.74, 6) is 0.604. The molecule has 0 aromatic heterocycles. The van der Waals surface area contributed by atoms with Gasteiger partial charge in [-0.2, -0.15) is 0 Å². The monoisotopic (exact) mass is 315 g/mol. The van der Waals surface area contributed by atoms with Crippen molar-refractivity contribution in [1.82, 2.24) is 5.32 Å². The number of rotatable bonds is 10. The van der Waals surface area contributed by atoms with E-state index >= 15 is 0 Å². The number of alkyl carbamates (subject to hydrolysis) is 1. The predicted molar refractivity (Wildman–Crippen MR) is 92.0 cm³/mol. The highest BCUT2D eigenvalue weighted by Crippen LogP contribution is 2.33. The third-order valence-corrected chi connectivity index (χ3v) is 4.36. The van der Waals surface area contributed by atoms with Crippen molar-refractivity contribution in [3.8, 4) is 0 Å². The SMILES string of the molecule is CCCCC(CC)CC(CC)(CO)CNC(=O)OC(C)(C)C. The van der Waals surface area contributed by atoms with Crippen molar-refractivity contribution >= 4 is 6.09 Å². The molecule has 132 valence electrons. The predicted octanol–water partition coefficient (Wildman–Crippen LogP) is 4.51. The second kappa shape index (κ2) is 10.1. The molecule has 0 saturated heterocycles. The molecule has 0 saturated carbocycles. The van der Waals surface area contributed by atoms with Gasteiger partial charge < -0.3 is 15.2 Å². The van der Waals surface area contributed by atoms with Gasteiger partial charge in [0.25, 0.3) is 0 Å². The van der Waals surface area contributed by atoms with Gasteiger partial charge in [-0.25, -0.2) is 4.79 Å². The van der Waals surface area contributed by atoms with Crippen LogP contribution in [0.2, 0.25) is 0 Å². The van der Waals surface area contributed by atoms with Crippen LogP contribution in [0, 0.1) is 11.3 Å². The zero-order chi connectivity index (χ0) is 17.2. The van der Waals surface area contributed by atoms with Crippen LogP contribution < -0.4 is 5.32 Å². The highest BCUT2D eigenvalue weighted by molar-refractivity contribution is 5.67. The summed E-state index contributed by atoms with van der Waals surface area (Å²) in [7, 11) is 0. The number of amides is 1. The number of hydrogen-bond donors (Lipinski definition) is 2. The number of aliphatic hydroxyl groups is 1. The van der Waals surface area contributed by atoms with Crippen LogP contribution in [0.5, 0.6) is 0 Å². The molecule has 0 aliphatic heterocycles. The van der Waals surface area contributed by atoms with E-state index in [9.17, 15) is 9.90 Å². The lowest BCUT2D eigenvalue weighted by atomic mass is 9.75. The maximum absolute atomic E-state index is 11.8. The molecule has 4 nitrogen and oxygen atoms in total. The minimum atomic E-state index is -0.495. The second-order valence-corrected chi connectivity index (χ2v) is 7.49. The molecule has 0 heterocycles. The second-order valence-electron chi connectivity index (χ2n) is 7.49. The van der Waals surface area contributed by atoms with E-state index in [1.165, 1.54) is 19.3 Å². The molecule has 2 N–H and O–H groups in total. The third-order valence-electron chi connectivity index (χ3n) is 4.36. The maximum atomic E-state index is 11.8. The number of nitrogens with one attached hydrogen (secondary N) is 1. The molecule has 0 bridgehead atoms. The van der Waals surface area contributed by atoms with Gasteiger partial charge in [-0.1, -0.05) is 46.5 Å². The number of ether oxygens (including phenoxy) is 1. The van der Waals surface area contributed by atoms with Crippen LogP contribution in [0.25, 0.3) is 0 Å². The van der Waals surface area contributed by atoms with Crippen molar-refractivity contribution in [2.24, 2.45) is 11.3 Å². The first-order valence-corrected chi connectivity index (χ1v) is 8.79. The summed E-state index contributed by atoms with van der Waals surface area (Å²) in [6, 6.07) is 0. The molecule has 22 heavy (non-hydrogen) atoms. The molecule has 0 aromatic rings. The van der Waals surface area contributed by atoms with E-state index in [1.54, 1.807) is 0 Å². The molecule has 0 aliphatic rings. The Morgan fingerprint density at radius 3 is 2.27 bits per heavy atom. The number of hydrogen-bond acceptors (Lipinski definition) is 3. The van der Waals surface area contributed by atoms with Crippen LogP contribution in [0.4, 0.5) is 4.79 Å². The van der Waals surface area contributed by atoms with Gasteiger partial charge in [-0.05, 0) is 39.5 Å². The third kappa shape index (κ3) is 8.62. The summed E-state index contributed by atoms with van der Waals surface area (Å²) < 4.78 is 5.29. The Hall–Kier alpha value is -0.770. The molecular weight excluding hydrogens is 278 g/mol. The van der Waals surface area contributed by atoms with Crippen LogP contribution in [0.3, 0.4) is 0 Å². The summed E-state index contributed by atoms with van der Waals surface area (Å²) in [6.45, 7) is 12.6. The molecule has 2 atom stereocenters. The highest BCUT2D eigenvalue weighted by Gasteiger charge is 2.31. The molecule has 0 radical (unpaired) electrons. The van der Waals surface area contributed by atoms with Gasteiger partial charge in [0.1, 0.15) is 5.60 Å². The van der Waals surface area contributed by atoms with Crippen LogP contribution in [0.1, 0.15) is 80.1 Å². The zero-order valence-corrected chi connectivity index (χ0v) is 15.5. The fourth-order valence-electron chi connectivity index (χ4n) is 2.70. The molecule has 1 amide bonds. The van der Waals surface area contributed by atoms with Gasteiger partial charge >= 0.3 is 6.09 Å². The Labute approximate surface area is 137 Å². The molecule has 0 aliphatic carbocycles. The first kappa shape index (κ1) is 21.2. The Morgan fingerprint density at radius 2 is 1.86 bits per heavy atom. The minimum absolute atomic E-state index is 0.0991. The zero-order valence-electron chi connectivity index (χ0n) is 15.5. The van der Waals surface area contributed by atoms with Gasteiger partial charge in [-0.3, -0.25) is 0 Å². The minimum Gasteiger partial charge on any atom is -0.444 e. The molecular formula is C18H37NO3. The van der Waals surface area contributed by atoms with Gasteiger partial charge in [0.2, 0.25) is 0 Å². The van der Waals surface area contributed by atoms with E-state index in [-0.39, 0.29) is 12.0 Å². The van der Waals surface area contributed by atoms with E-state index in [0.717, 1.165) is 19.3 Å². The van der Waals surface area contributed by atoms with Crippen molar-refractivity contribution in [2.45, 2.75) is 85.7 Å². The van der Waals surface area contributed by atoms with Crippen molar-refractivity contribution in [3.05, 3.63) is 0 Å². The quantitative estimate of drug-likeness (QED) is 0.624. The number of carbonyl (C=O) groups excluding carboxylic acids is 1. The van der Waals surface area contributed by atoms with Crippen LogP contribution in [0.15, 0.2) is 0 Å². The smallest absolute Gasteiger partial charge is 0.407 e. The molecule has 0 fully saturated rings. The topological polar surface area (TPSA) is 58.6 Å². The van der Waals surface area contributed by atoms with Gasteiger partial charge in [0.05, 0.1) is 6.61 Å². The molecule has 2 unspecified atom stereocenters. The normalized spacial score (nSPS) is 16.0. The molecule has 0 aromatic carbocycles. The van der Waals surface area contributed by atoms with Gasteiger partial charge in [0, 0.05) is 12.0 Å². The standard InChI is InChI=1S/C18H37NO3/c1-7-10-11-15(8-2)12-18(9-3,14-20)13-19-16(21)22-17(4,5)6/h15,20H,7-14H2,1-6H3,(H,19,21). The Kier molecular flexibility index (Phi) is 9.74. The summed E-state index contributed by atoms with van der Waals surface area (Å²) >= 11 is 0. The summed E-state index contributed by atoms with van der Waals surface area (Å²) in [5, 5.41) is 12.7. The highest BCUT2D eigenvalue weighted by atomic mass is 16.6. The van der Waals surface area contributed by atoms with E-state index < -0.39 is 11.7 Å². The van der Waals surface area contributed by atoms with Crippen molar-refractivity contribution in [2.75, 3.05) is 13.2 Å². The fourth-order valence-corrected chi connectivity index (χ4v) is 2.70. The molecule has 4 heteroatoms. The van der Waals surface area contributed by atoms with E-state index in [0.29, 0.717) is 12.5 Å². The average molecular weight is 315 g/mol. The lowest BCUT2D eigenvalue weighted by Gasteiger charge is -2.34. The first-order valence-electron chi connectivity index (χ1n) is 8.79. The Bertz CT molecular complexity index is 306. The van der Waals surface area contributed by atoms with Crippen molar-refractivity contribution in [3.63, 3.8) is 0 Å². The fraction of sp³-hybridized carbons (Fsp3) is 0.944. The Morgan fingerprint density at radius 1 is 1.23 bits per heavy atom. The maximum Gasteiger partial charge on any atom is 0.407 e. The summed E-state index contributed by atoms with van der Waals surface area (Å²) in [6.07, 6.45) is 6.14. The largest absolute Gasteiger partial charge is 0.444 e. The molecule has 0 spiro atoms. The van der Waals surface area contributed by atoms with E-state index in [2.05, 4.69) is 26.1 Å². The summed E-state index contributed by atoms with van der Waals surface area (Å²) in [5.41, 5.74) is -0.740. The Balaban J connectivity index is 4.63. The van der Waals surface area contributed by atoms with Crippen molar-refractivity contribution in [1.29, 1.82) is 0 Å². The van der Waals surface area contributed by atoms with Crippen LogP contribution in [-0.2, 0) is 4.74 Å². The number of aliphatic hydroxyl groups excluding tert-OH is 1. The van der Waals surface area contributed by atoms with Gasteiger partial charge in [0.15, 0.2) is 0 Å². The van der Waals surface area contributed by atoms with Crippen LogP contribution >= 0.6 is 0 Å². The first-order chi connectivity index (χ1) is 10.2. The summed E-state index contributed by atoms with van der Waals surface area (Å²) in [4.78, 5) is 11.8. The van der Waals surface area contributed by atoms with Crippen LogP contribution in [-0.4, -0.2) is 30.0 Å². The van der Waals surface area contributed by atoms with E-state index in [4.69, 9.17) is 4.74 Å². The van der Waals surface area contributed by atoms with Gasteiger partial charge in [-0.15, -0.1) is 0 Å². The number of unbranched alkanes of at least 4 members (excludes halogenated alkanes) is 1. The lowest BCUT2D eigenvalue weighted by molar-refractivity contribution is 0.0422. The van der Waals surface area contributed by atoms with Crippen molar-refractivity contribution < 1.29 is 14.6 Å². The van der Waals surface area contributed by atoms with E-state index in [1.807, 2.05) is 20.8 Å². The molecule has 0 rings (SSSR count).